The van der Waals surface area contributed by atoms with E-state index in [1.54, 1.807) is 28.4 Å². The number of carbonyl (C=O) groups excluding carboxylic acids is 2. The standard InChI is InChI=1S/C21H18BrNO2S2/c22-16-8-6-14(7-9-16)12-17-19(24)18(21-26-10-11-27-21)20(25)23(17)13-15-4-2-1-3-5-15/h1-9,17H,10-13H2/t17-/m0/s1. The predicted octanol–water partition coefficient (Wildman–Crippen LogP) is 4.66. The number of halogens is 1. The molecule has 2 heterocycles. The highest BCUT2D eigenvalue weighted by Crippen LogP contribution is 2.42. The third kappa shape index (κ3) is 4.03. The van der Waals surface area contributed by atoms with Gasteiger partial charge in [-0.3, -0.25) is 9.59 Å². The van der Waals surface area contributed by atoms with Crippen LogP contribution in [0.25, 0.3) is 0 Å². The van der Waals surface area contributed by atoms with E-state index in [0.29, 0.717) is 18.5 Å². The van der Waals surface area contributed by atoms with Crippen LogP contribution >= 0.6 is 39.5 Å². The molecule has 0 radical (unpaired) electrons. The van der Waals surface area contributed by atoms with Crippen molar-refractivity contribution in [3.63, 3.8) is 0 Å². The Hall–Kier alpha value is -1.50. The van der Waals surface area contributed by atoms with Gasteiger partial charge in [-0.2, -0.15) is 0 Å². The maximum Gasteiger partial charge on any atom is 0.260 e. The minimum Gasteiger partial charge on any atom is -0.323 e. The van der Waals surface area contributed by atoms with E-state index in [-0.39, 0.29) is 11.7 Å². The van der Waals surface area contributed by atoms with E-state index in [0.717, 1.165) is 31.3 Å². The predicted molar refractivity (Wildman–Crippen MR) is 116 cm³/mol. The molecule has 3 nitrogen and oxygen atoms in total. The fourth-order valence-corrected chi connectivity index (χ4v) is 6.15. The molecule has 2 aliphatic rings. The molecule has 0 spiro atoms. The summed E-state index contributed by atoms with van der Waals surface area (Å²) in [6.45, 7) is 0.457. The van der Waals surface area contributed by atoms with Crippen LogP contribution in [-0.2, 0) is 22.6 Å². The first-order valence-corrected chi connectivity index (χ1v) is 11.5. The van der Waals surface area contributed by atoms with Crippen LogP contribution in [0.5, 0.6) is 0 Å². The van der Waals surface area contributed by atoms with Crippen molar-refractivity contribution in [2.24, 2.45) is 0 Å². The molecule has 0 aliphatic carbocycles. The normalized spacial score (nSPS) is 20.0. The Morgan fingerprint density at radius 3 is 2.26 bits per heavy atom. The Balaban J connectivity index is 1.67. The molecular formula is C21H18BrNO2S2. The highest BCUT2D eigenvalue weighted by molar-refractivity contribution is 9.10. The van der Waals surface area contributed by atoms with E-state index in [9.17, 15) is 9.59 Å². The lowest BCUT2D eigenvalue weighted by Crippen LogP contribution is -2.36. The van der Waals surface area contributed by atoms with Gasteiger partial charge >= 0.3 is 0 Å². The molecule has 2 fully saturated rings. The van der Waals surface area contributed by atoms with Gasteiger partial charge in [0.15, 0.2) is 5.78 Å². The van der Waals surface area contributed by atoms with Crippen LogP contribution < -0.4 is 0 Å². The first-order chi connectivity index (χ1) is 13.1. The smallest absolute Gasteiger partial charge is 0.260 e. The van der Waals surface area contributed by atoms with Crippen molar-refractivity contribution >= 4 is 51.1 Å². The van der Waals surface area contributed by atoms with E-state index < -0.39 is 6.04 Å². The van der Waals surface area contributed by atoms with Crippen molar-refractivity contribution in [2.75, 3.05) is 11.5 Å². The van der Waals surface area contributed by atoms with Crippen LogP contribution in [0.15, 0.2) is 68.9 Å². The number of benzene rings is 2. The van der Waals surface area contributed by atoms with Gasteiger partial charge in [-0.05, 0) is 23.3 Å². The van der Waals surface area contributed by atoms with E-state index in [1.165, 1.54) is 0 Å². The highest BCUT2D eigenvalue weighted by atomic mass is 79.9. The lowest BCUT2D eigenvalue weighted by molar-refractivity contribution is -0.127. The molecule has 0 N–H and O–H groups in total. The van der Waals surface area contributed by atoms with E-state index in [2.05, 4.69) is 15.9 Å². The SMILES string of the molecule is O=C1C(=C2SCCS2)C(=O)N(Cc2ccccc2)[C@H]1Cc1ccc(Br)cc1. The van der Waals surface area contributed by atoms with Crippen LogP contribution in [0, 0.1) is 0 Å². The number of amides is 1. The molecule has 138 valence electrons. The molecule has 2 saturated heterocycles. The van der Waals surface area contributed by atoms with Gasteiger partial charge in [-0.25, -0.2) is 0 Å². The van der Waals surface area contributed by atoms with Gasteiger partial charge in [0.1, 0.15) is 11.6 Å². The Labute approximate surface area is 175 Å². The zero-order chi connectivity index (χ0) is 18.8. The molecule has 0 unspecified atom stereocenters. The summed E-state index contributed by atoms with van der Waals surface area (Å²) in [4.78, 5) is 28.1. The number of likely N-dealkylation sites (tertiary alicyclic amines) is 1. The molecule has 0 bridgehead atoms. The molecule has 0 saturated carbocycles. The fourth-order valence-electron chi connectivity index (χ4n) is 3.35. The maximum atomic E-state index is 13.2. The second-order valence-corrected chi connectivity index (χ2v) is 9.87. The minimum absolute atomic E-state index is 0.0317. The van der Waals surface area contributed by atoms with Gasteiger partial charge in [0, 0.05) is 28.9 Å². The number of thioether (sulfide) groups is 2. The van der Waals surface area contributed by atoms with E-state index >= 15 is 0 Å². The Morgan fingerprint density at radius 2 is 1.59 bits per heavy atom. The van der Waals surface area contributed by atoms with Gasteiger partial charge in [-0.15, -0.1) is 23.5 Å². The second-order valence-electron chi connectivity index (χ2n) is 6.49. The monoisotopic (exact) mass is 459 g/mol. The average molecular weight is 460 g/mol. The Kier molecular flexibility index (Phi) is 5.76. The topological polar surface area (TPSA) is 37.4 Å². The molecule has 4 rings (SSSR count). The molecule has 2 aliphatic heterocycles. The molecule has 2 aromatic carbocycles. The lowest BCUT2D eigenvalue weighted by Gasteiger charge is -2.23. The van der Waals surface area contributed by atoms with Gasteiger partial charge < -0.3 is 4.90 Å². The van der Waals surface area contributed by atoms with Gasteiger partial charge in [-0.1, -0.05) is 58.4 Å². The zero-order valence-corrected chi connectivity index (χ0v) is 17.8. The van der Waals surface area contributed by atoms with Crippen LogP contribution in [0.1, 0.15) is 11.1 Å². The number of nitrogens with zero attached hydrogens (tertiary/aromatic N) is 1. The number of hydrogen-bond donors (Lipinski definition) is 0. The third-order valence-corrected chi connectivity index (χ3v) is 7.94. The summed E-state index contributed by atoms with van der Waals surface area (Å²) >= 11 is 6.71. The average Bonchev–Trinajstić information content (AvgIpc) is 3.27. The molecule has 0 aromatic heterocycles. The highest BCUT2D eigenvalue weighted by Gasteiger charge is 2.45. The molecular weight excluding hydrogens is 442 g/mol. The first-order valence-electron chi connectivity index (χ1n) is 8.77. The number of ketones is 1. The van der Waals surface area contributed by atoms with Crippen molar-refractivity contribution in [3.05, 3.63) is 80.0 Å². The second kappa shape index (κ2) is 8.25. The minimum atomic E-state index is -0.441. The summed E-state index contributed by atoms with van der Waals surface area (Å²) in [6, 6.07) is 17.4. The molecule has 1 amide bonds. The first kappa shape index (κ1) is 18.8. The van der Waals surface area contributed by atoms with Crippen LogP contribution in [0.3, 0.4) is 0 Å². The van der Waals surface area contributed by atoms with Crippen molar-refractivity contribution in [2.45, 2.75) is 19.0 Å². The van der Waals surface area contributed by atoms with Crippen molar-refractivity contribution < 1.29 is 9.59 Å². The number of rotatable bonds is 4. The van der Waals surface area contributed by atoms with Crippen LogP contribution in [0.4, 0.5) is 0 Å². The number of carbonyl (C=O) groups is 2. The van der Waals surface area contributed by atoms with Crippen molar-refractivity contribution in [3.8, 4) is 0 Å². The van der Waals surface area contributed by atoms with Crippen LogP contribution in [-0.4, -0.2) is 34.1 Å². The zero-order valence-electron chi connectivity index (χ0n) is 14.6. The van der Waals surface area contributed by atoms with E-state index in [4.69, 9.17) is 0 Å². The lowest BCUT2D eigenvalue weighted by atomic mass is 10.0. The van der Waals surface area contributed by atoms with Crippen LogP contribution in [0.2, 0.25) is 0 Å². The maximum absolute atomic E-state index is 13.2. The molecule has 27 heavy (non-hydrogen) atoms. The van der Waals surface area contributed by atoms with E-state index in [1.807, 2.05) is 54.6 Å². The van der Waals surface area contributed by atoms with Gasteiger partial charge in [0.25, 0.3) is 5.91 Å². The summed E-state index contributed by atoms with van der Waals surface area (Å²) < 4.78 is 1.91. The van der Waals surface area contributed by atoms with Crippen molar-refractivity contribution in [1.82, 2.24) is 4.90 Å². The Morgan fingerprint density at radius 1 is 0.926 bits per heavy atom. The molecule has 6 heteroatoms. The summed E-state index contributed by atoms with van der Waals surface area (Å²) in [5, 5.41) is 0. The molecule has 1 atom stereocenters. The fraction of sp³-hybridized carbons (Fsp3) is 0.238. The summed E-state index contributed by atoms with van der Waals surface area (Å²) in [7, 11) is 0. The molecule has 2 aromatic rings. The number of Topliss-reactive ketones (excluding diaryl/α,β-unsaturated/α-hetero) is 1. The Bertz CT molecular complexity index is 888. The summed E-state index contributed by atoms with van der Waals surface area (Å²) in [5.74, 6) is 1.76. The van der Waals surface area contributed by atoms with Gasteiger partial charge in [0.05, 0.1) is 4.24 Å². The van der Waals surface area contributed by atoms with Crippen molar-refractivity contribution in [1.29, 1.82) is 0 Å². The summed E-state index contributed by atoms with van der Waals surface area (Å²) in [5.41, 5.74) is 2.50. The largest absolute Gasteiger partial charge is 0.323 e. The quantitative estimate of drug-likeness (QED) is 0.491. The summed E-state index contributed by atoms with van der Waals surface area (Å²) in [6.07, 6.45) is 0.538. The third-order valence-electron chi connectivity index (χ3n) is 4.69. The number of hydrogen-bond acceptors (Lipinski definition) is 4. The van der Waals surface area contributed by atoms with Gasteiger partial charge in [0.2, 0.25) is 0 Å².